The standard InChI is InChI=1S/C20H23F3N4O4/c1-10(20(21,22)23)5-14-17(29)27(18(30)26-14)11-6-19(7-11)8-12(9-19)31-16-13(15(24)28)3-2-4-25-16/h2-4,10-12,14H,5-9H2,1H3,(H2,24,28)(H,26,30)/t10-,11?,12?,14-,19?/m0/s1. The second-order valence-corrected chi connectivity index (χ2v) is 8.82. The lowest BCUT2D eigenvalue weighted by molar-refractivity contribution is -0.173. The van der Waals surface area contributed by atoms with Crippen LogP contribution in [0.3, 0.4) is 0 Å². The molecule has 4 rings (SSSR count). The lowest BCUT2D eigenvalue weighted by atomic mass is 9.52. The van der Waals surface area contributed by atoms with Crippen molar-refractivity contribution in [3.05, 3.63) is 23.9 Å². The molecule has 1 saturated heterocycles. The maximum atomic E-state index is 12.8. The second kappa shape index (κ2) is 7.38. The first kappa shape index (κ1) is 21.4. The van der Waals surface area contributed by atoms with Gasteiger partial charge in [-0.25, -0.2) is 9.78 Å². The zero-order chi connectivity index (χ0) is 22.6. The summed E-state index contributed by atoms with van der Waals surface area (Å²) >= 11 is 0. The fraction of sp³-hybridized carbons (Fsp3) is 0.600. The number of pyridine rings is 1. The number of hydrogen-bond acceptors (Lipinski definition) is 5. The Bertz CT molecular complexity index is 908. The van der Waals surface area contributed by atoms with Gasteiger partial charge in [0, 0.05) is 12.2 Å². The topological polar surface area (TPSA) is 115 Å². The molecule has 1 spiro atoms. The summed E-state index contributed by atoms with van der Waals surface area (Å²) in [6.45, 7) is 1.00. The molecule has 1 aromatic heterocycles. The Kier molecular flexibility index (Phi) is 5.09. The van der Waals surface area contributed by atoms with Crippen LogP contribution in [0.1, 0.15) is 49.4 Å². The van der Waals surface area contributed by atoms with Crippen LogP contribution in [0.2, 0.25) is 0 Å². The Morgan fingerprint density at radius 2 is 2.03 bits per heavy atom. The van der Waals surface area contributed by atoms with Crippen LogP contribution in [0.5, 0.6) is 5.88 Å². The van der Waals surface area contributed by atoms with E-state index in [0.29, 0.717) is 25.7 Å². The molecular formula is C20H23F3N4O4. The Morgan fingerprint density at radius 1 is 1.35 bits per heavy atom. The number of ether oxygens (including phenoxy) is 1. The van der Waals surface area contributed by atoms with Crippen molar-refractivity contribution in [1.29, 1.82) is 0 Å². The Labute approximate surface area is 176 Å². The van der Waals surface area contributed by atoms with Crippen LogP contribution in [0.4, 0.5) is 18.0 Å². The highest BCUT2D eigenvalue weighted by Crippen LogP contribution is 2.58. The number of aromatic nitrogens is 1. The number of nitrogens with one attached hydrogen (secondary N) is 1. The van der Waals surface area contributed by atoms with E-state index in [1.165, 1.54) is 12.3 Å². The van der Waals surface area contributed by atoms with E-state index in [-0.39, 0.29) is 29.0 Å². The van der Waals surface area contributed by atoms with Crippen molar-refractivity contribution in [3.63, 3.8) is 0 Å². The highest BCUT2D eigenvalue weighted by Gasteiger charge is 2.59. The lowest BCUT2D eigenvalue weighted by Gasteiger charge is -2.58. The average Bonchev–Trinajstić information content (AvgIpc) is 2.89. The number of nitrogens with zero attached hydrogens (tertiary/aromatic N) is 2. The molecule has 31 heavy (non-hydrogen) atoms. The fourth-order valence-electron chi connectivity index (χ4n) is 4.82. The molecular weight excluding hydrogens is 417 g/mol. The summed E-state index contributed by atoms with van der Waals surface area (Å²) in [7, 11) is 0. The number of hydrogen-bond donors (Lipinski definition) is 2. The largest absolute Gasteiger partial charge is 0.474 e. The van der Waals surface area contributed by atoms with E-state index in [1.807, 2.05) is 0 Å². The van der Waals surface area contributed by atoms with E-state index >= 15 is 0 Å². The Morgan fingerprint density at radius 3 is 2.65 bits per heavy atom. The summed E-state index contributed by atoms with van der Waals surface area (Å²) in [4.78, 5) is 41.4. The second-order valence-electron chi connectivity index (χ2n) is 8.82. The number of primary amides is 1. The lowest BCUT2D eigenvalue weighted by Crippen LogP contribution is -2.60. The molecule has 8 nitrogen and oxygen atoms in total. The summed E-state index contributed by atoms with van der Waals surface area (Å²) in [6, 6.07) is 1.03. The molecule has 11 heteroatoms. The maximum Gasteiger partial charge on any atom is 0.391 e. The van der Waals surface area contributed by atoms with Gasteiger partial charge in [0.25, 0.3) is 11.8 Å². The number of imide groups is 1. The zero-order valence-corrected chi connectivity index (χ0v) is 16.8. The summed E-state index contributed by atoms with van der Waals surface area (Å²) in [5.41, 5.74) is 5.45. The third kappa shape index (κ3) is 3.92. The van der Waals surface area contributed by atoms with Crippen LogP contribution in [0, 0.1) is 11.3 Å². The van der Waals surface area contributed by atoms with Crippen molar-refractivity contribution in [2.45, 2.75) is 63.4 Å². The molecule has 0 aromatic carbocycles. The van der Waals surface area contributed by atoms with Gasteiger partial charge < -0.3 is 15.8 Å². The SMILES string of the molecule is C[C@@H](C[C@@H]1NC(=O)N(C2CC3(CC(Oc4ncccc4C(N)=O)C3)C2)C1=O)C(F)(F)F. The van der Waals surface area contributed by atoms with Crippen molar-refractivity contribution >= 4 is 17.8 Å². The van der Waals surface area contributed by atoms with Crippen LogP contribution >= 0.6 is 0 Å². The molecule has 0 bridgehead atoms. The van der Waals surface area contributed by atoms with Gasteiger partial charge in [0.1, 0.15) is 17.7 Å². The highest BCUT2D eigenvalue weighted by atomic mass is 19.4. The Balaban J connectivity index is 1.30. The molecule has 4 amide bonds. The van der Waals surface area contributed by atoms with Crippen LogP contribution in [-0.2, 0) is 4.79 Å². The first-order valence-corrected chi connectivity index (χ1v) is 10.1. The minimum atomic E-state index is -4.41. The van der Waals surface area contributed by atoms with E-state index in [9.17, 15) is 27.6 Å². The van der Waals surface area contributed by atoms with Gasteiger partial charge in [-0.05, 0) is 49.7 Å². The van der Waals surface area contributed by atoms with Crippen molar-refractivity contribution in [3.8, 4) is 5.88 Å². The molecule has 3 fully saturated rings. The third-order valence-corrected chi connectivity index (χ3v) is 6.54. The smallest absolute Gasteiger partial charge is 0.391 e. The first-order valence-electron chi connectivity index (χ1n) is 10.1. The number of carbonyl (C=O) groups excluding carboxylic acids is 3. The van der Waals surface area contributed by atoms with Gasteiger partial charge in [-0.3, -0.25) is 14.5 Å². The highest BCUT2D eigenvalue weighted by molar-refractivity contribution is 6.04. The van der Waals surface area contributed by atoms with Crippen molar-refractivity contribution in [2.24, 2.45) is 17.1 Å². The van der Waals surface area contributed by atoms with Gasteiger partial charge in [-0.15, -0.1) is 0 Å². The number of carbonyl (C=O) groups is 3. The quantitative estimate of drug-likeness (QED) is 0.660. The van der Waals surface area contributed by atoms with Gasteiger partial charge in [0.05, 0.1) is 5.92 Å². The van der Waals surface area contributed by atoms with Gasteiger partial charge in [0.15, 0.2) is 0 Å². The number of urea groups is 1. The van der Waals surface area contributed by atoms with Crippen molar-refractivity contribution < 1.29 is 32.3 Å². The molecule has 2 atom stereocenters. The number of halogens is 3. The average molecular weight is 440 g/mol. The molecule has 1 aromatic rings. The molecule has 1 aliphatic heterocycles. The van der Waals surface area contributed by atoms with Gasteiger partial charge >= 0.3 is 12.2 Å². The molecule has 168 valence electrons. The predicted octanol–water partition coefficient (Wildman–Crippen LogP) is 2.38. The van der Waals surface area contributed by atoms with E-state index in [2.05, 4.69) is 10.3 Å². The van der Waals surface area contributed by atoms with Gasteiger partial charge in [0.2, 0.25) is 5.88 Å². The first-order chi connectivity index (χ1) is 14.5. The van der Waals surface area contributed by atoms with Gasteiger partial charge in [-0.2, -0.15) is 13.2 Å². The van der Waals surface area contributed by atoms with E-state index < -0.39 is 42.4 Å². The molecule has 2 heterocycles. The van der Waals surface area contributed by atoms with Crippen LogP contribution in [0.25, 0.3) is 0 Å². The van der Waals surface area contributed by atoms with Crippen molar-refractivity contribution in [1.82, 2.24) is 15.2 Å². The van der Waals surface area contributed by atoms with Crippen LogP contribution < -0.4 is 15.8 Å². The molecule has 0 unspecified atom stereocenters. The minimum Gasteiger partial charge on any atom is -0.474 e. The van der Waals surface area contributed by atoms with Gasteiger partial charge in [-0.1, -0.05) is 6.92 Å². The van der Waals surface area contributed by atoms with E-state index in [4.69, 9.17) is 10.5 Å². The molecule has 3 N–H and O–H groups in total. The fourth-order valence-corrected chi connectivity index (χ4v) is 4.82. The summed E-state index contributed by atoms with van der Waals surface area (Å²) in [6.07, 6.45) is -1.02. The van der Waals surface area contributed by atoms with E-state index in [1.54, 1.807) is 6.07 Å². The number of nitrogens with two attached hydrogens (primary N) is 1. The normalized spacial score (nSPS) is 31.1. The maximum absolute atomic E-state index is 12.8. The number of alkyl halides is 3. The third-order valence-electron chi connectivity index (χ3n) is 6.54. The van der Waals surface area contributed by atoms with E-state index in [0.717, 1.165) is 11.8 Å². The minimum absolute atomic E-state index is 0.0745. The molecule has 0 radical (unpaired) electrons. The van der Waals surface area contributed by atoms with Crippen molar-refractivity contribution in [2.75, 3.05) is 0 Å². The summed E-state index contributed by atoms with van der Waals surface area (Å²) < 4.78 is 44.2. The number of rotatable bonds is 6. The molecule has 2 aliphatic carbocycles. The predicted molar refractivity (Wildman–Crippen MR) is 101 cm³/mol. The summed E-state index contributed by atoms with van der Waals surface area (Å²) in [5.74, 6) is -2.72. The van der Waals surface area contributed by atoms with Crippen LogP contribution in [-0.4, -0.2) is 52.1 Å². The van der Waals surface area contributed by atoms with Crippen LogP contribution in [0.15, 0.2) is 18.3 Å². The zero-order valence-electron chi connectivity index (χ0n) is 16.8. The monoisotopic (exact) mass is 440 g/mol. The molecule has 3 aliphatic rings. The molecule has 2 saturated carbocycles. The number of amides is 4. The summed E-state index contributed by atoms with van der Waals surface area (Å²) in [5, 5.41) is 2.39. The Hall–Kier alpha value is -2.85.